The molecule has 1 heterocycles. The summed E-state index contributed by atoms with van der Waals surface area (Å²) < 4.78 is 0. The van der Waals surface area contributed by atoms with Gasteiger partial charge in [-0.15, -0.1) is 0 Å². The van der Waals surface area contributed by atoms with Gasteiger partial charge in [-0.1, -0.05) is 34.1 Å². The number of aryl methyl sites for hydroxylation is 1. The molecule has 3 nitrogen and oxygen atoms in total. The van der Waals surface area contributed by atoms with Crippen LogP contribution in [0.15, 0.2) is 12.1 Å². The van der Waals surface area contributed by atoms with E-state index in [-0.39, 0.29) is 5.41 Å². The van der Waals surface area contributed by atoms with E-state index >= 15 is 0 Å². The summed E-state index contributed by atoms with van der Waals surface area (Å²) >= 11 is 0. The van der Waals surface area contributed by atoms with Crippen molar-refractivity contribution in [3.63, 3.8) is 0 Å². The molecule has 88 valence electrons. The average Bonchev–Trinajstić information content (AvgIpc) is 2.16. The Morgan fingerprint density at radius 1 is 1.38 bits per heavy atom. The first-order valence-electron chi connectivity index (χ1n) is 5.60. The molecule has 0 saturated carbocycles. The summed E-state index contributed by atoms with van der Waals surface area (Å²) in [7, 11) is 0. The van der Waals surface area contributed by atoms with E-state index in [9.17, 15) is 4.79 Å². The lowest BCUT2D eigenvalue weighted by atomic mass is 9.90. The number of rotatable bonds is 3. The predicted molar refractivity (Wildman–Crippen MR) is 63.9 cm³/mol. The molecule has 0 bridgehead atoms. The molecule has 1 aromatic rings. The van der Waals surface area contributed by atoms with E-state index in [0.29, 0.717) is 17.7 Å². The number of hydrogen-bond donors (Lipinski definition) is 1. The molecule has 1 aromatic heterocycles. The highest BCUT2D eigenvalue weighted by atomic mass is 16.4. The molecule has 0 aromatic carbocycles. The molecule has 0 unspecified atom stereocenters. The van der Waals surface area contributed by atoms with Crippen LogP contribution >= 0.6 is 0 Å². The molecule has 0 atom stereocenters. The topological polar surface area (TPSA) is 50.2 Å². The fraction of sp³-hybridized carbons (Fsp3) is 0.538. The van der Waals surface area contributed by atoms with Gasteiger partial charge in [-0.25, -0.2) is 4.79 Å². The Morgan fingerprint density at radius 3 is 2.44 bits per heavy atom. The van der Waals surface area contributed by atoms with Crippen LogP contribution in [0.25, 0.3) is 0 Å². The number of carboxylic acids is 1. The van der Waals surface area contributed by atoms with Gasteiger partial charge in [0.15, 0.2) is 0 Å². The highest BCUT2D eigenvalue weighted by Crippen LogP contribution is 2.22. The Labute approximate surface area is 96.5 Å². The van der Waals surface area contributed by atoms with Crippen molar-refractivity contribution in [1.82, 2.24) is 4.98 Å². The van der Waals surface area contributed by atoms with Gasteiger partial charge in [-0.2, -0.15) is 0 Å². The number of pyridine rings is 1. The zero-order valence-electron chi connectivity index (χ0n) is 10.4. The van der Waals surface area contributed by atoms with Gasteiger partial charge in [0.05, 0.1) is 11.3 Å². The summed E-state index contributed by atoms with van der Waals surface area (Å²) in [4.78, 5) is 15.5. The lowest BCUT2D eigenvalue weighted by Crippen LogP contribution is -2.16. The number of aromatic nitrogens is 1. The molecule has 0 saturated heterocycles. The normalized spacial score (nSPS) is 11.5. The minimum Gasteiger partial charge on any atom is -0.478 e. The van der Waals surface area contributed by atoms with Gasteiger partial charge in [-0.3, -0.25) is 4.98 Å². The molecular weight excluding hydrogens is 202 g/mol. The average molecular weight is 221 g/mol. The lowest BCUT2D eigenvalue weighted by Gasteiger charge is -2.19. The third-order valence-electron chi connectivity index (χ3n) is 2.46. The maximum absolute atomic E-state index is 11.0. The second-order valence-corrected chi connectivity index (χ2v) is 5.00. The van der Waals surface area contributed by atoms with Crippen LogP contribution in [-0.4, -0.2) is 16.1 Å². The largest absolute Gasteiger partial charge is 0.478 e. The maximum Gasteiger partial charge on any atom is 0.337 e. The highest BCUT2D eigenvalue weighted by Gasteiger charge is 2.18. The van der Waals surface area contributed by atoms with Crippen LogP contribution in [0.1, 0.15) is 55.9 Å². The molecule has 0 amide bonds. The van der Waals surface area contributed by atoms with Crippen LogP contribution in [0.5, 0.6) is 0 Å². The summed E-state index contributed by atoms with van der Waals surface area (Å²) in [6.45, 7) is 8.25. The number of aromatic carboxylic acids is 1. The predicted octanol–water partition coefficient (Wildman–Crippen LogP) is 3.03. The monoisotopic (exact) mass is 221 g/mol. The quantitative estimate of drug-likeness (QED) is 0.853. The fourth-order valence-corrected chi connectivity index (χ4v) is 1.54. The summed E-state index contributed by atoms with van der Waals surface area (Å²) in [6, 6.07) is 3.48. The number of hydrogen-bond acceptors (Lipinski definition) is 2. The minimum atomic E-state index is -0.892. The van der Waals surface area contributed by atoms with E-state index in [1.54, 1.807) is 6.07 Å². The molecule has 1 N–H and O–H groups in total. The Kier molecular flexibility index (Phi) is 3.68. The second-order valence-electron chi connectivity index (χ2n) is 5.00. The zero-order valence-corrected chi connectivity index (χ0v) is 10.4. The minimum absolute atomic E-state index is 0.0421. The van der Waals surface area contributed by atoms with Crippen molar-refractivity contribution in [3.05, 3.63) is 29.1 Å². The van der Waals surface area contributed by atoms with Crippen molar-refractivity contribution in [3.8, 4) is 0 Å². The third-order valence-corrected chi connectivity index (χ3v) is 2.46. The van der Waals surface area contributed by atoms with Crippen molar-refractivity contribution in [2.45, 2.75) is 46.0 Å². The van der Waals surface area contributed by atoms with Crippen LogP contribution in [0.2, 0.25) is 0 Å². The van der Waals surface area contributed by atoms with Gasteiger partial charge in [0.1, 0.15) is 0 Å². The molecule has 3 heteroatoms. The van der Waals surface area contributed by atoms with Gasteiger partial charge < -0.3 is 5.11 Å². The summed E-state index contributed by atoms with van der Waals surface area (Å²) in [5, 5.41) is 9.05. The van der Waals surface area contributed by atoms with Gasteiger partial charge in [0, 0.05) is 11.1 Å². The smallest absolute Gasteiger partial charge is 0.337 e. The van der Waals surface area contributed by atoms with Gasteiger partial charge in [0.25, 0.3) is 0 Å². The second kappa shape index (κ2) is 4.64. The van der Waals surface area contributed by atoms with Crippen LogP contribution < -0.4 is 0 Å². The first-order valence-corrected chi connectivity index (χ1v) is 5.60. The Bertz CT molecular complexity index is 391. The molecular formula is C13H19NO2. The Hall–Kier alpha value is -1.38. The fourth-order valence-electron chi connectivity index (χ4n) is 1.54. The van der Waals surface area contributed by atoms with E-state index < -0.39 is 5.97 Å². The van der Waals surface area contributed by atoms with Gasteiger partial charge >= 0.3 is 5.97 Å². The van der Waals surface area contributed by atoms with Crippen molar-refractivity contribution in [2.75, 3.05) is 0 Å². The lowest BCUT2D eigenvalue weighted by molar-refractivity contribution is 0.0695. The Balaban J connectivity index is 3.22. The van der Waals surface area contributed by atoms with Crippen molar-refractivity contribution in [2.24, 2.45) is 0 Å². The molecule has 0 radical (unpaired) electrons. The van der Waals surface area contributed by atoms with Crippen LogP contribution in [0.3, 0.4) is 0 Å². The third kappa shape index (κ3) is 2.81. The molecule has 0 aliphatic carbocycles. The van der Waals surface area contributed by atoms with E-state index in [1.165, 1.54) is 0 Å². The zero-order chi connectivity index (χ0) is 12.3. The first-order chi connectivity index (χ1) is 7.36. The molecule has 0 fully saturated rings. The Morgan fingerprint density at radius 2 is 2.00 bits per heavy atom. The molecule has 16 heavy (non-hydrogen) atoms. The number of carbonyl (C=O) groups is 1. The number of nitrogens with zero attached hydrogens (tertiary/aromatic N) is 1. The SMILES string of the molecule is CCCc1nc(C(C)(C)C)ccc1C(=O)O. The number of carboxylic acid groups (broad SMARTS) is 1. The standard InChI is InChI=1S/C13H19NO2/c1-5-6-10-9(12(15)16)7-8-11(14-10)13(2,3)4/h7-8H,5-6H2,1-4H3,(H,15,16). The summed E-state index contributed by atoms with van der Waals surface area (Å²) in [6.07, 6.45) is 1.62. The molecule has 0 spiro atoms. The molecule has 0 aliphatic heterocycles. The van der Waals surface area contributed by atoms with Gasteiger partial charge in [0.2, 0.25) is 0 Å². The van der Waals surface area contributed by atoms with E-state index in [0.717, 1.165) is 12.1 Å². The van der Waals surface area contributed by atoms with Crippen molar-refractivity contribution >= 4 is 5.97 Å². The highest BCUT2D eigenvalue weighted by molar-refractivity contribution is 5.88. The van der Waals surface area contributed by atoms with E-state index in [1.807, 2.05) is 13.0 Å². The van der Waals surface area contributed by atoms with Crippen LogP contribution in [0.4, 0.5) is 0 Å². The van der Waals surface area contributed by atoms with Crippen molar-refractivity contribution < 1.29 is 9.90 Å². The van der Waals surface area contributed by atoms with E-state index in [2.05, 4.69) is 25.8 Å². The van der Waals surface area contributed by atoms with Crippen LogP contribution in [-0.2, 0) is 11.8 Å². The van der Waals surface area contributed by atoms with Crippen LogP contribution in [0, 0.1) is 0 Å². The van der Waals surface area contributed by atoms with Crippen molar-refractivity contribution in [1.29, 1.82) is 0 Å². The maximum atomic E-state index is 11.0. The van der Waals surface area contributed by atoms with Gasteiger partial charge in [-0.05, 0) is 18.6 Å². The summed E-state index contributed by atoms with van der Waals surface area (Å²) in [5.74, 6) is -0.892. The summed E-state index contributed by atoms with van der Waals surface area (Å²) in [5.41, 5.74) is 1.93. The van der Waals surface area contributed by atoms with E-state index in [4.69, 9.17) is 5.11 Å². The first kappa shape index (κ1) is 12.7. The molecule has 1 rings (SSSR count). The molecule has 0 aliphatic rings.